The van der Waals surface area contributed by atoms with Gasteiger partial charge >= 0.3 is 11.9 Å². The quantitative estimate of drug-likeness (QED) is 0.890. The van der Waals surface area contributed by atoms with E-state index in [0.717, 1.165) is 22.3 Å². The largest absolute Gasteiger partial charge is 0.478 e. The molecule has 2 aromatic rings. The van der Waals surface area contributed by atoms with Crippen LogP contribution in [0.4, 0.5) is 0 Å². The number of aryl methyl sites for hydroxylation is 1. The van der Waals surface area contributed by atoms with Crippen molar-refractivity contribution in [2.75, 3.05) is 0 Å². The Morgan fingerprint density at radius 1 is 0.952 bits per heavy atom. The fraction of sp³-hybridized carbons (Fsp3) is 0.125. The molecule has 3 rings (SSSR count). The molecule has 0 bridgehead atoms. The fourth-order valence-corrected chi connectivity index (χ4v) is 3.08. The molecule has 0 heterocycles. The molecule has 0 amide bonds. The van der Waals surface area contributed by atoms with Gasteiger partial charge in [0.05, 0.1) is 16.1 Å². The van der Waals surface area contributed by atoms with Gasteiger partial charge in [0.2, 0.25) is 0 Å². The van der Waals surface area contributed by atoms with Crippen LogP contribution in [0, 0.1) is 0 Å². The van der Waals surface area contributed by atoms with Crippen LogP contribution in [0.2, 0.25) is 5.02 Å². The molecule has 0 saturated heterocycles. The number of carboxylic acids is 2. The smallest absolute Gasteiger partial charge is 0.337 e. The number of carbonyl (C=O) groups is 2. The Balaban J connectivity index is 2.18. The van der Waals surface area contributed by atoms with Gasteiger partial charge in [-0.3, -0.25) is 0 Å². The first-order valence-electron chi connectivity index (χ1n) is 6.40. The predicted octanol–water partition coefficient (Wildman–Crippen LogP) is 3.50. The molecule has 4 nitrogen and oxygen atoms in total. The minimum atomic E-state index is -1.05. The predicted molar refractivity (Wildman–Crippen MR) is 78.2 cm³/mol. The van der Waals surface area contributed by atoms with Crippen LogP contribution in [0.15, 0.2) is 30.3 Å². The van der Waals surface area contributed by atoms with Gasteiger partial charge in [0.1, 0.15) is 0 Å². The molecule has 0 fully saturated rings. The molecule has 0 aromatic heterocycles. The molecule has 0 unspecified atom stereocenters. The molecule has 5 heteroatoms. The molecule has 21 heavy (non-hydrogen) atoms. The molecule has 1 aliphatic carbocycles. The molecule has 0 aliphatic heterocycles. The maximum Gasteiger partial charge on any atom is 0.337 e. The van der Waals surface area contributed by atoms with Crippen molar-refractivity contribution >= 4 is 23.5 Å². The van der Waals surface area contributed by atoms with Crippen LogP contribution in [0.3, 0.4) is 0 Å². The van der Waals surface area contributed by atoms with Crippen molar-refractivity contribution in [2.24, 2.45) is 0 Å². The fourth-order valence-electron chi connectivity index (χ4n) is 2.74. The Hall–Kier alpha value is -2.33. The first kappa shape index (κ1) is 13.6. The lowest BCUT2D eigenvalue weighted by Crippen LogP contribution is -2.09. The average molecular weight is 303 g/mol. The van der Waals surface area contributed by atoms with Crippen molar-refractivity contribution in [2.45, 2.75) is 12.8 Å². The third-order valence-electron chi connectivity index (χ3n) is 3.76. The summed E-state index contributed by atoms with van der Waals surface area (Å²) >= 11 is 6.19. The first-order valence-corrected chi connectivity index (χ1v) is 6.78. The maximum atomic E-state index is 11.1. The zero-order valence-corrected chi connectivity index (χ0v) is 11.6. The van der Waals surface area contributed by atoms with Crippen molar-refractivity contribution < 1.29 is 19.8 Å². The summed E-state index contributed by atoms with van der Waals surface area (Å²) in [7, 11) is 0. The van der Waals surface area contributed by atoms with Crippen LogP contribution in [0.5, 0.6) is 0 Å². The standard InChI is InChI=1S/C16H11ClO4/c17-14-12-4-1-8-7-9(15(18)19)2-3-10(8)11(12)5-6-13(14)16(20)21/h2-3,5-7H,1,4H2,(H,18,19)(H,20,21). The summed E-state index contributed by atoms with van der Waals surface area (Å²) in [5.41, 5.74) is 3.91. The lowest BCUT2D eigenvalue weighted by molar-refractivity contribution is 0.0686. The van der Waals surface area contributed by atoms with Crippen LogP contribution in [0.25, 0.3) is 11.1 Å². The van der Waals surface area contributed by atoms with E-state index in [1.165, 1.54) is 6.07 Å². The van der Waals surface area contributed by atoms with Crippen LogP contribution in [-0.4, -0.2) is 22.2 Å². The normalized spacial score (nSPS) is 12.4. The molecule has 0 radical (unpaired) electrons. The summed E-state index contributed by atoms with van der Waals surface area (Å²) in [4.78, 5) is 22.1. The van der Waals surface area contributed by atoms with Gasteiger partial charge in [0.25, 0.3) is 0 Å². The molecular weight excluding hydrogens is 292 g/mol. The number of carboxylic acid groups (broad SMARTS) is 2. The van der Waals surface area contributed by atoms with E-state index in [1.54, 1.807) is 24.3 Å². The zero-order chi connectivity index (χ0) is 15.1. The van der Waals surface area contributed by atoms with E-state index in [0.29, 0.717) is 12.8 Å². The van der Waals surface area contributed by atoms with E-state index in [1.807, 2.05) is 0 Å². The summed E-state index contributed by atoms with van der Waals surface area (Å²) in [6.45, 7) is 0. The lowest BCUT2D eigenvalue weighted by atomic mass is 9.84. The summed E-state index contributed by atoms with van der Waals surface area (Å²) in [6, 6.07) is 8.20. The Morgan fingerprint density at radius 2 is 1.67 bits per heavy atom. The lowest BCUT2D eigenvalue weighted by Gasteiger charge is -2.22. The van der Waals surface area contributed by atoms with Gasteiger partial charge in [-0.1, -0.05) is 23.7 Å². The van der Waals surface area contributed by atoms with Crippen molar-refractivity contribution in [3.63, 3.8) is 0 Å². The summed E-state index contributed by atoms with van der Waals surface area (Å²) < 4.78 is 0. The number of benzene rings is 2. The third kappa shape index (κ3) is 2.17. The Morgan fingerprint density at radius 3 is 2.33 bits per heavy atom. The van der Waals surface area contributed by atoms with Crippen molar-refractivity contribution in [1.29, 1.82) is 0 Å². The second-order valence-corrected chi connectivity index (χ2v) is 5.31. The van der Waals surface area contributed by atoms with E-state index in [9.17, 15) is 9.59 Å². The van der Waals surface area contributed by atoms with Gasteiger partial charge in [-0.15, -0.1) is 0 Å². The monoisotopic (exact) mass is 302 g/mol. The van der Waals surface area contributed by atoms with E-state index in [4.69, 9.17) is 21.8 Å². The van der Waals surface area contributed by atoms with Gasteiger partial charge in [-0.2, -0.15) is 0 Å². The molecule has 1 aliphatic rings. The summed E-state index contributed by atoms with van der Waals surface area (Å²) in [6.07, 6.45) is 1.25. The van der Waals surface area contributed by atoms with Gasteiger partial charge in [-0.05, 0) is 53.3 Å². The highest BCUT2D eigenvalue weighted by molar-refractivity contribution is 6.34. The van der Waals surface area contributed by atoms with Crippen molar-refractivity contribution in [3.8, 4) is 11.1 Å². The number of hydrogen-bond donors (Lipinski definition) is 2. The Labute approximate surface area is 125 Å². The molecule has 106 valence electrons. The molecule has 0 atom stereocenters. The number of fused-ring (bicyclic) bond motifs is 3. The van der Waals surface area contributed by atoms with E-state index < -0.39 is 11.9 Å². The van der Waals surface area contributed by atoms with Gasteiger partial charge in [-0.25, -0.2) is 9.59 Å². The minimum Gasteiger partial charge on any atom is -0.478 e. The van der Waals surface area contributed by atoms with Crippen LogP contribution in [0.1, 0.15) is 31.8 Å². The number of aromatic carboxylic acids is 2. The molecule has 2 aromatic carbocycles. The second kappa shape index (κ2) is 4.90. The highest BCUT2D eigenvalue weighted by atomic mass is 35.5. The number of hydrogen-bond acceptors (Lipinski definition) is 2. The highest BCUT2D eigenvalue weighted by Gasteiger charge is 2.22. The van der Waals surface area contributed by atoms with E-state index in [-0.39, 0.29) is 16.1 Å². The Kier molecular flexibility index (Phi) is 3.18. The summed E-state index contributed by atoms with van der Waals surface area (Å²) in [5, 5.41) is 18.4. The van der Waals surface area contributed by atoms with E-state index >= 15 is 0 Å². The second-order valence-electron chi connectivity index (χ2n) is 4.94. The van der Waals surface area contributed by atoms with Crippen LogP contribution >= 0.6 is 11.6 Å². The van der Waals surface area contributed by atoms with Crippen LogP contribution < -0.4 is 0 Å². The van der Waals surface area contributed by atoms with Crippen molar-refractivity contribution in [1.82, 2.24) is 0 Å². The third-order valence-corrected chi connectivity index (χ3v) is 4.19. The topological polar surface area (TPSA) is 74.6 Å². The SMILES string of the molecule is O=C(O)c1ccc2c(c1)CCc1c-2ccc(C(=O)O)c1Cl. The summed E-state index contributed by atoms with van der Waals surface area (Å²) in [5.74, 6) is -2.00. The van der Waals surface area contributed by atoms with E-state index in [2.05, 4.69) is 0 Å². The highest BCUT2D eigenvalue weighted by Crippen LogP contribution is 2.38. The molecule has 0 saturated carbocycles. The zero-order valence-electron chi connectivity index (χ0n) is 10.9. The molecule has 0 spiro atoms. The molecular formula is C16H11ClO4. The maximum absolute atomic E-state index is 11.1. The number of halogens is 1. The first-order chi connectivity index (χ1) is 9.99. The number of rotatable bonds is 2. The minimum absolute atomic E-state index is 0.0982. The van der Waals surface area contributed by atoms with Gasteiger partial charge in [0.15, 0.2) is 0 Å². The average Bonchev–Trinajstić information content (AvgIpc) is 2.46. The van der Waals surface area contributed by atoms with Gasteiger partial charge < -0.3 is 10.2 Å². The molecule has 2 N–H and O–H groups in total. The Bertz CT molecular complexity index is 780. The van der Waals surface area contributed by atoms with Crippen molar-refractivity contribution in [3.05, 3.63) is 57.6 Å². The van der Waals surface area contributed by atoms with Crippen LogP contribution in [-0.2, 0) is 12.8 Å². The van der Waals surface area contributed by atoms with Gasteiger partial charge in [0, 0.05) is 0 Å².